The topological polar surface area (TPSA) is 120 Å². The first-order valence-electron chi connectivity index (χ1n) is 9.69. The number of carbonyl (C=O) groups excluding carboxylic acids is 1. The van der Waals surface area contributed by atoms with E-state index in [1.54, 1.807) is 6.92 Å². The number of aliphatic hydroxyl groups excluding tert-OH is 1. The van der Waals surface area contributed by atoms with E-state index in [0.717, 1.165) is 55.3 Å². The fourth-order valence-electron chi connectivity index (χ4n) is 4.22. The molecule has 4 rings (SSSR count). The van der Waals surface area contributed by atoms with Crippen LogP contribution in [0.25, 0.3) is 0 Å². The molecule has 2 aliphatic carbocycles. The summed E-state index contributed by atoms with van der Waals surface area (Å²) in [4.78, 5) is 12.7. The Labute approximate surface area is 174 Å². The minimum atomic E-state index is -3.76. The number of amides is 2. The first-order chi connectivity index (χ1) is 13.7. The molecule has 4 N–H and O–H groups in total. The summed E-state index contributed by atoms with van der Waals surface area (Å²) in [6.07, 6.45) is 6.64. The second-order valence-electron chi connectivity index (χ2n) is 7.70. The highest BCUT2D eigenvalue weighted by Crippen LogP contribution is 2.38. The molecule has 0 radical (unpaired) electrons. The Hall–Kier alpha value is -2.10. The van der Waals surface area contributed by atoms with E-state index >= 15 is 0 Å². The zero-order chi connectivity index (χ0) is 20.8. The number of anilines is 1. The maximum atomic E-state index is 12.8. The number of halogens is 1. The third-order valence-electron chi connectivity index (χ3n) is 5.36. The molecule has 2 aliphatic rings. The molecule has 10 heteroatoms. The maximum Gasteiger partial charge on any atom is 0.332 e. The van der Waals surface area contributed by atoms with Crippen molar-refractivity contribution in [3.8, 4) is 0 Å². The van der Waals surface area contributed by atoms with Crippen LogP contribution in [0.1, 0.15) is 42.0 Å². The highest BCUT2D eigenvalue weighted by Gasteiger charge is 2.27. The molecule has 0 bridgehead atoms. The Kier molecular flexibility index (Phi) is 5.30. The lowest BCUT2D eigenvalue weighted by atomic mass is 9.99. The van der Waals surface area contributed by atoms with Gasteiger partial charge in [-0.25, -0.2) is 18.5 Å². The highest BCUT2D eigenvalue weighted by atomic mass is 35.5. The summed E-state index contributed by atoms with van der Waals surface area (Å²) in [6, 6.07) is 1.55. The number of carbonyl (C=O) groups is 1. The van der Waals surface area contributed by atoms with Crippen LogP contribution in [0.2, 0.25) is 5.02 Å². The molecule has 156 valence electrons. The van der Waals surface area contributed by atoms with Gasteiger partial charge in [0.2, 0.25) is 0 Å². The summed E-state index contributed by atoms with van der Waals surface area (Å²) < 4.78 is 24.5. The first-order valence-corrected chi connectivity index (χ1v) is 11.6. The molecule has 0 aliphatic heterocycles. The molecule has 1 aromatic heterocycles. The Balaban J connectivity index is 1.56. The third kappa shape index (κ3) is 3.99. The molecule has 0 fully saturated rings. The molecule has 1 heterocycles. The predicted octanol–water partition coefficient (Wildman–Crippen LogP) is 3.04. The number of nitrogens with one attached hydrogen (secondary N) is 3. The van der Waals surface area contributed by atoms with E-state index in [0.29, 0.717) is 0 Å². The van der Waals surface area contributed by atoms with Crippen molar-refractivity contribution < 1.29 is 14.1 Å². The standard InChI is InChI=1S/C19H24ClN5O3S/c1-11(26)9-25-10-16(20)18(23-25)29(21,28)24-19(27)22-17-14-6-2-4-12(14)8-13-5-3-7-15(13)17/h8,10-11,26H,2-7,9H2,1H3,(H3,21,22,24,27,28)/t11-,29?/m0/s1. The van der Waals surface area contributed by atoms with Gasteiger partial charge in [-0.1, -0.05) is 17.7 Å². The average Bonchev–Trinajstić information content (AvgIpc) is 3.33. The Morgan fingerprint density at radius 3 is 2.52 bits per heavy atom. The number of hydrogen-bond donors (Lipinski definition) is 4. The molecular weight excluding hydrogens is 414 g/mol. The number of urea groups is 1. The van der Waals surface area contributed by atoms with Gasteiger partial charge >= 0.3 is 6.03 Å². The van der Waals surface area contributed by atoms with Crippen LogP contribution < -0.4 is 10.0 Å². The van der Waals surface area contributed by atoms with Gasteiger partial charge in [0, 0.05) is 11.9 Å². The number of hydrogen-bond acceptors (Lipinski definition) is 5. The van der Waals surface area contributed by atoms with E-state index in [1.807, 2.05) is 0 Å². The van der Waals surface area contributed by atoms with Crippen molar-refractivity contribution in [2.45, 2.75) is 63.1 Å². The second-order valence-corrected chi connectivity index (χ2v) is 9.81. The molecule has 1 aromatic carbocycles. The molecule has 1 unspecified atom stereocenters. The Morgan fingerprint density at radius 1 is 1.31 bits per heavy atom. The summed E-state index contributed by atoms with van der Waals surface area (Å²) in [7, 11) is -3.76. The van der Waals surface area contributed by atoms with E-state index in [-0.39, 0.29) is 16.6 Å². The van der Waals surface area contributed by atoms with Crippen LogP contribution in [0.4, 0.5) is 10.5 Å². The van der Waals surface area contributed by atoms with Crippen molar-refractivity contribution in [2.24, 2.45) is 0 Å². The number of nitrogens with zero attached hydrogens (tertiary/aromatic N) is 2. The molecule has 0 saturated carbocycles. The van der Waals surface area contributed by atoms with E-state index in [1.165, 1.54) is 22.0 Å². The quantitative estimate of drug-likeness (QED) is 0.574. The summed E-state index contributed by atoms with van der Waals surface area (Å²) in [5.41, 5.74) is 5.65. The number of aliphatic hydroxyl groups is 1. The SMILES string of the molecule is C[C@H](O)Cn1cc(Cl)c(S(=N)(=O)NC(=O)Nc2c3c(cc4c2CCC4)CCC3)n1. The van der Waals surface area contributed by atoms with Crippen LogP contribution in [0.5, 0.6) is 0 Å². The smallest absolute Gasteiger partial charge is 0.332 e. The normalized spacial score (nSPS) is 18.0. The van der Waals surface area contributed by atoms with Gasteiger partial charge in [0.1, 0.15) is 0 Å². The van der Waals surface area contributed by atoms with Crippen molar-refractivity contribution in [1.29, 1.82) is 4.78 Å². The van der Waals surface area contributed by atoms with Gasteiger partial charge in [0.05, 0.1) is 17.7 Å². The van der Waals surface area contributed by atoms with Crippen LogP contribution in [0, 0.1) is 4.78 Å². The van der Waals surface area contributed by atoms with Gasteiger partial charge in [-0.3, -0.25) is 4.68 Å². The zero-order valence-electron chi connectivity index (χ0n) is 16.1. The molecule has 0 saturated heterocycles. The number of benzene rings is 1. The molecule has 29 heavy (non-hydrogen) atoms. The summed E-state index contributed by atoms with van der Waals surface area (Å²) in [5, 5.41) is 16.1. The zero-order valence-corrected chi connectivity index (χ0v) is 17.7. The first kappa shape index (κ1) is 20.2. The lowest BCUT2D eigenvalue weighted by Gasteiger charge is -2.17. The van der Waals surface area contributed by atoms with E-state index in [2.05, 4.69) is 21.2 Å². The second kappa shape index (κ2) is 7.62. The van der Waals surface area contributed by atoms with Crippen LogP contribution in [-0.2, 0) is 42.1 Å². The van der Waals surface area contributed by atoms with E-state index in [4.69, 9.17) is 16.4 Å². The van der Waals surface area contributed by atoms with Crippen LogP contribution >= 0.6 is 11.6 Å². The molecule has 2 atom stereocenters. The highest BCUT2D eigenvalue weighted by molar-refractivity contribution is 7.91. The molecular formula is C19H24ClN5O3S. The average molecular weight is 438 g/mol. The summed E-state index contributed by atoms with van der Waals surface area (Å²) in [6.45, 7) is 1.72. The van der Waals surface area contributed by atoms with Gasteiger partial charge in [-0.2, -0.15) is 5.10 Å². The summed E-state index contributed by atoms with van der Waals surface area (Å²) >= 11 is 6.07. The minimum absolute atomic E-state index is 0.00689. The van der Waals surface area contributed by atoms with Crippen LogP contribution in [0.15, 0.2) is 17.3 Å². The number of fused-ring (bicyclic) bond motifs is 2. The molecule has 2 amide bonds. The Morgan fingerprint density at radius 2 is 1.93 bits per heavy atom. The summed E-state index contributed by atoms with van der Waals surface area (Å²) in [5.74, 6) is 0. The van der Waals surface area contributed by atoms with Gasteiger partial charge in [0.15, 0.2) is 14.9 Å². The predicted molar refractivity (Wildman–Crippen MR) is 111 cm³/mol. The van der Waals surface area contributed by atoms with Crippen LogP contribution in [0.3, 0.4) is 0 Å². The van der Waals surface area contributed by atoms with E-state index in [9.17, 15) is 14.1 Å². The lowest BCUT2D eigenvalue weighted by molar-refractivity contribution is 0.168. The Bertz CT molecular complexity index is 1050. The largest absolute Gasteiger partial charge is 0.391 e. The lowest BCUT2D eigenvalue weighted by Crippen LogP contribution is -2.34. The van der Waals surface area contributed by atoms with Gasteiger partial charge in [0.25, 0.3) is 0 Å². The fourth-order valence-corrected chi connectivity index (χ4v) is 5.66. The molecule has 2 aromatic rings. The van der Waals surface area contributed by atoms with E-state index < -0.39 is 22.1 Å². The van der Waals surface area contributed by atoms with Crippen LogP contribution in [-0.4, -0.2) is 31.2 Å². The van der Waals surface area contributed by atoms with Crippen molar-refractivity contribution in [2.75, 3.05) is 5.32 Å². The van der Waals surface area contributed by atoms with Crippen molar-refractivity contribution in [1.82, 2.24) is 14.5 Å². The van der Waals surface area contributed by atoms with Crippen molar-refractivity contribution >= 4 is 33.2 Å². The molecule has 8 nitrogen and oxygen atoms in total. The van der Waals surface area contributed by atoms with Gasteiger partial charge in [-0.15, -0.1) is 0 Å². The third-order valence-corrected chi connectivity index (χ3v) is 7.07. The van der Waals surface area contributed by atoms with Crippen molar-refractivity contribution in [3.05, 3.63) is 39.5 Å². The fraction of sp³-hybridized carbons (Fsp3) is 0.474. The van der Waals surface area contributed by atoms with Gasteiger partial charge in [-0.05, 0) is 67.7 Å². The van der Waals surface area contributed by atoms with Crippen molar-refractivity contribution in [3.63, 3.8) is 0 Å². The number of rotatable bonds is 5. The number of aryl methyl sites for hydroxylation is 2. The monoisotopic (exact) mass is 437 g/mol. The number of aromatic nitrogens is 2. The maximum absolute atomic E-state index is 12.8. The minimum Gasteiger partial charge on any atom is -0.391 e. The van der Waals surface area contributed by atoms with Gasteiger partial charge < -0.3 is 10.4 Å². The molecule has 0 spiro atoms.